The van der Waals surface area contributed by atoms with Crippen LogP contribution in [0.1, 0.15) is 37.1 Å². The molecule has 0 aliphatic carbocycles. The van der Waals surface area contributed by atoms with Gasteiger partial charge < -0.3 is 18.9 Å². The monoisotopic (exact) mass is 544 g/mol. The number of rotatable bonds is 11. The Hall–Kier alpha value is -2.32. The Morgan fingerprint density at radius 2 is 1.12 bits per heavy atom. The second-order valence-electron chi connectivity index (χ2n) is 12.0. The van der Waals surface area contributed by atoms with Gasteiger partial charge in [-0.05, 0) is 23.0 Å². The van der Waals surface area contributed by atoms with Crippen LogP contribution < -0.4 is 0 Å². The van der Waals surface area contributed by atoms with E-state index >= 15 is 0 Å². The molecule has 4 heterocycles. The molecule has 0 spiro atoms. The summed E-state index contributed by atoms with van der Waals surface area (Å²) >= 11 is 0. The van der Waals surface area contributed by atoms with E-state index in [9.17, 15) is 0 Å². The molecule has 6 heteroatoms. The van der Waals surface area contributed by atoms with Gasteiger partial charge in [0.05, 0.1) is 50.7 Å². The summed E-state index contributed by atoms with van der Waals surface area (Å²) in [7, 11) is 0. The lowest BCUT2D eigenvalue weighted by molar-refractivity contribution is -0.0222. The number of likely N-dealkylation sites (tertiary alicyclic amines) is 2. The van der Waals surface area contributed by atoms with Crippen LogP contribution in [0.4, 0.5) is 0 Å². The Morgan fingerprint density at radius 3 is 1.50 bits per heavy atom. The fraction of sp³-hybridized carbons (Fsp3) is 0.529. The van der Waals surface area contributed by atoms with Gasteiger partial charge in [-0.15, -0.1) is 13.2 Å². The first-order chi connectivity index (χ1) is 19.6. The predicted octanol–water partition coefficient (Wildman–Crippen LogP) is 5.05. The molecule has 0 aromatic heterocycles. The molecule has 0 saturated carbocycles. The van der Waals surface area contributed by atoms with E-state index in [1.807, 2.05) is 12.2 Å². The highest BCUT2D eigenvalue weighted by Gasteiger charge is 2.57. The van der Waals surface area contributed by atoms with Crippen LogP contribution in [0.15, 0.2) is 86.0 Å². The van der Waals surface area contributed by atoms with Gasteiger partial charge in [-0.2, -0.15) is 0 Å². The highest BCUT2D eigenvalue weighted by molar-refractivity contribution is 5.30. The van der Waals surface area contributed by atoms with Crippen molar-refractivity contribution in [3.63, 3.8) is 0 Å². The van der Waals surface area contributed by atoms with Gasteiger partial charge in [0.1, 0.15) is 12.2 Å². The molecule has 2 aromatic carbocycles. The van der Waals surface area contributed by atoms with Crippen molar-refractivity contribution in [3.05, 3.63) is 97.1 Å². The molecule has 0 bridgehead atoms. The molecule has 4 fully saturated rings. The van der Waals surface area contributed by atoms with E-state index in [0.29, 0.717) is 25.0 Å². The fourth-order valence-corrected chi connectivity index (χ4v) is 7.81. The second-order valence-corrected chi connectivity index (χ2v) is 12.0. The van der Waals surface area contributed by atoms with E-state index in [1.165, 1.54) is 11.1 Å². The molecular weight excluding hydrogens is 500 g/mol. The van der Waals surface area contributed by atoms with Crippen molar-refractivity contribution >= 4 is 0 Å². The minimum atomic E-state index is 0.0133. The average Bonchev–Trinajstić information content (AvgIpc) is 3.74. The highest BCUT2D eigenvalue weighted by Crippen LogP contribution is 2.50. The molecule has 2 unspecified atom stereocenters. The third-order valence-corrected chi connectivity index (χ3v) is 9.37. The fourth-order valence-electron chi connectivity index (χ4n) is 7.81. The molecule has 0 radical (unpaired) electrons. The minimum Gasteiger partial charge on any atom is -0.373 e. The Bertz CT molecular complexity index is 1040. The van der Waals surface area contributed by atoms with Gasteiger partial charge in [0, 0.05) is 25.2 Å². The van der Waals surface area contributed by atoms with Gasteiger partial charge in [-0.3, -0.25) is 9.80 Å². The van der Waals surface area contributed by atoms with Gasteiger partial charge in [-0.25, -0.2) is 0 Å². The lowest BCUT2D eigenvalue weighted by atomic mass is 9.87. The Kier molecular flexibility index (Phi) is 8.54. The lowest BCUT2D eigenvalue weighted by Crippen LogP contribution is -2.48. The van der Waals surface area contributed by atoms with Crippen LogP contribution >= 0.6 is 0 Å². The average molecular weight is 545 g/mol. The smallest absolute Gasteiger partial charge is 0.101 e. The molecule has 2 aromatic rings. The number of nitrogens with zero attached hydrogens (tertiary/aromatic N) is 2. The normalized spacial score (nSPS) is 35.4. The number of hydrogen-bond donors (Lipinski definition) is 0. The van der Waals surface area contributed by atoms with E-state index in [1.54, 1.807) is 0 Å². The van der Waals surface area contributed by atoms with Crippen LogP contribution in [0.2, 0.25) is 0 Å². The maximum Gasteiger partial charge on any atom is 0.101 e. The molecule has 6 nitrogen and oxygen atoms in total. The van der Waals surface area contributed by atoms with Gasteiger partial charge in [0.2, 0.25) is 0 Å². The van der Waals surface area contributed by atoms with Crippen LogP contribution in [-0.2, 0) is 18.9 Å². The van der Waals surface area contributed by atoms with E-state index in [-0.39, 0.29) is 48.6 Å². The molecule has 0 N–H and O–H groups in total. The van der Waals surface area contributed by atoms with E-state index in [0.717, 1.165) is 26.3 Å². The minimum absolute atomic E-state index is 0.0133. The Labute approximate surface area is 239 Å². The van der Waals surface area contributed by atoms with Crippen molar-refractivity contribution in [2.45, 2.75) is 62.4 Å². The number of benzene rings is 2. The summed E-state index contributed by atoms with van der Waals surface area (Å²) in [6.45, 7) is 16.7. The van der Waals surface area contributed by atoms with Crippen molar-refractivity contribution in [2.24, 2.45) is 11.8 Å². The van der Waals surface area contributed by atoms with Crippen LogP contribution in [-0.4, -0.2) is 85.8 Å². The quantitative estimate of drug-likeness (QED) is 0.369. The molecule has 10 atom stereocenters. The van der Waals surface area contributed by atoms with Crippen LogP contribution in [0.25, 0.3) is 0 Å². The second kappa shape index (κ2) is 12.3. The molecule has 4 saturated heterocycles. The Morgan fingerprint density at radius 1 is 0.725 bits per heavy atom. The summed E-state index contributed by atoms with van der Waals surface area (Å²) < 4.78 is 25.5. The van der Waals surface area contributed by atoms with E-state index in [2.05, 4.69) is 97.5 Å². The first-order valence-corrected chi connectivity index (χ1v) is 14.9. The van der Waals surface area contributed by atoms with Gasteiger partial charge >= 0.3 is 0 Å². The number of fused-ring (bicyclic) bond motifs is 2. The zero-order chi connectivity index (χ0) is 27.6. The largest absolute Gasteiger partial charge is 0.373 e. The van der Waals surface area contributed by atoms with Crippen molar-refractivity contribution < 1.29 is 18.9 Å². The van der Waals surface area contributed by atoms with Crippen LogP contribution in [0.3, 0.4) is 0 Å². The molecule has 214 valence electrons. The summed E-state index contributed by atoms with van der Waals surface area (Å²) in [5.74, 6) is 0.822. The predicted molar refractivity (Wildman–Crippen MR) is 157 cm³/mol. The molecule has 4 aliphatic rings. The standard InChI is InChI=1S/C34H44N2O4/c1-5-17-37-27-19-35(29-23(3)21-39-33(27)29)31(25-13-9-7-10-14-25)32(26-15-11-8-12-16-26)36-20-28(38-18-6-2)34-30(36)24(4)22-40-34/h5-16,23-24,27-34H,1-2,17-22H2,3-4H3/t23-,24-,27+,28+,29-,30-,31?,32?,33-,34-/m1/s1. The van der Waals surface area contributed by atoms with Crippen molar-refractivity contribution in [2.75, 3.05) is 39.5 Å². The van der Waals surface area contributed by atoms with Crippen LogP contribution in [0.5, 0.6) is 0 Å². The lowest BCUT2D eigenvalue weighted by Gasteiger charge is -2.45. The van der Waals surface area contributed by atoms with E-state index < -0.39 is 0 Å². The third kappa shape index (κ3) is 5.11. The first kappa shape index (κ1) is 27.8. The Balaban J connectivity index is 1.46. The summed E-state index contributed by atoms with van der Waals surface area (Å²) in [6, 6.07) is 22.8. The third-order valence-electron chi connectivity index (χ3n) is 9.37. The summed E-state index contributed by atoms with van der Waals surface area (Å²) in [5.41, 5.74) is 2.63. The molecule has 4 aliphatic heterocycles. The zero-order valence-corrected chi connectivity index (χ0v) is 23.9. The van der Waals surface area contributed by atoms with E-state index in [4.69, 9.17) is 18.9 Å². The zero-order valence-electron chi connectivity index (χ0n) is 23.9. The van der Waals surface area contributed by atoms with Gasteiger partial charge in [0.15, 0.2) is 0 Å². The number of hydrogen-bond acceptors (Lipinski definition) is 6. The molecule has 40 heavy (non-hydrogen) atoms. The number of ether oxygens (including phenoxy) is 4. The highest BCUT2D eigenvalue weighted by atomic mass is 16.6. The SMILES string of the molecule is C=CCO[C@H]1CN(C(c2ccccc2)C(c2ccccc2)N2C[C@H](OCC=C)[C@H]3OC[C@@H](C)[C@H]32)[C@H]2[C@@H]1OC[C@H]2C. The van der Waals surface area contributed by atoms with Crippen molar-refractivity contribution in [1.29, 1.82) is 0 Å². The maximum atomic E-state index is 6.41. The molecule has 6 rings (SSSR count). The molecular formula is C34H44N2O4. The van der Waals surface area contributed by atoms with Gasteiger partial charge in [0.25, 0.3) is 0 Å². The summed E-state index contributed by atoms with van der Waals surface area (Å²) in [5, 5.41) is 0. The van der Waals surface area contributed by atoms with Crippen molar-refractivity contribution in [1.82, 2.24) is 9.80 Å². The maximum absolute atomic E-state index is 6.41. The van der Waals surface area contributed by atoms with Crippen molar-refractivity contribution in [3.8, 4) is 0 Å². The topological polar surface area (TPSA) is 43.4 Å². The molecule has 0 amide bonds. The summed E-state index contributed by atoms with van der Waals surface area (Å²) in [6.07, 6.45) is 3.82. The first-order valence-electron chi connectivity index (χ1n) is 14.9. The summed E-state index contributed by atoms with van der Waals surface area (Å²) in [4.78, 5) is 5.41. The van der Waals surface area contributed by atoms with Gasteiger partial charge in [-0.1, -0.05) is 86.7 Å². The van der Waals surface area contributed by atoms with Crippen LogP contribution in [0, 0.1) is 11.8 Å².